The zero-order chi connectivity index (χ0) is 26.0. The normalized spacial score (nSPS) is 15.6. The average molecular weight is 530 g/mol. The van der Waals surface area contributed by atoms with Gasteiger partial charge in [0.05, 0.1) is 10.4 Å². The third kappa shape index (κ3) is 5.78. The number of pyridine rings is 1. The number of aromatic nitrogens is 4. The molecule has 192 valence electrons. The number of alkyl halides is 3. The molecule has 4 heterocycles. The molecule has 3 N–H and O–H groups in total. The van der Waals surface area contributed by atoms with E-state index in [1.54, 1.807) is 12.1 Å². The minimum atomic E-state index is -4.58. The second kappa shape index (κ2) is 10.3. The van der Waals surface area contributed by atoms with E-state index in [2.05, 4.69) is 35.9 Å². The van der Waals surface area contributed by atoms with Crippen molar-refractivity contribution in [1.82, 2.24) is 25.3 Å². The van der Waals surface area contributed by atoms with Crippen molar-refractivity contribution in [2.45, 2.75) is 19.5 Å². The molecule has 0 radical (unpaired) electrons. The highest BCUT2D eigenvalue weighted by Crippen LogP contribution is 2.36. The monoisotopic (exact) mass is 529 g/mol. The Kier molecular flexibility index (Phi) is 6.89. The van der Waals surface area contributed by atoms with E-state index >= 15 is 0 Å². The summed E-state index contributed by atoms with van der Waals surface area (Å²) in [5, 5.41) is 9.42. The number of anilines is 2. The number of nitrogens with zero attached hydrogens (tertiary/aromatic N) is 4. The van der Waals surface area contributed by atoms with Gasteiger partial charge >= 0.3 is 6.18 Å². The van der Waals surface area contributed by atoms with Crippen molar-refractivity contribution < 1.29 is 22.7 Å². The summed E-state index contributed by atoms with van der Waals surface area (Å²) in [4.78, 5) is 28.1. The Hall–Kier alpha value is -3.84. The number of carbonyl (C=O) groups is 1. The van der Waals surface area contributed by atoms with E-state index in [9.17, 15) is 18.0 Å². The number of para-hydroxylation sites is 1. The number of halogens is 3. The van der Waals surface area contributed by atoms with Crippen LogP contribution in [0.4, 0.5) is 24.1 Å². The number of rotatable bonds is 7. The molecule has 1 aliphatic heterocycles. The average Bonchev–Trinajstić information content (AvgIpc) is 3.52. The van der Waals surface area contributed by atoms with Crippen LogP contribution in [0.3, 0.4) is 0 Å². The Bertz CT molecular complexity index is 1440. The predicted octanol–water partition coefficient (Wildman–Crippen LogP) is 4.94. The summed E-state index contributed by atoms with van der Waals surface area (Å²) in [7, 11) is 0. The molecule has 1 amide bonds. The molecule has 5 rings (SSSR count). The van der Waals surface area contributed by atoms with Crippen LogP contribution in [-0.4, -0.2) is 45.5 Å². The molecule has 3 aromatic heterocycles. The fourth-order valence-corrected chi connectivity index (χ4v) is 4.88. The van der Waals surface area contributed by atoms with Crippen LogP contribution in [0.5, 0.6) is 11.6 Å². The Morgan fingerprint density at radius 1 is 1.22 bits per heavy atom. The lowest BCUT2D eigenvalue weighted by molar-refractivity contribution is -0.141. The van der Waals surface area contributed by atoms with Gasteiger partial charge in [-0.1, -0.05) is 17.4 Å². The zero-order valence-corrected chi connectivity index (χ0v) is 20.4. The van der Waals surface area contributed by atoms with Gasteiger partial charge in [-0.25, -0.2) is 19.9 Å². The van der Waals surface area contributed by atoms with Crippen molar-refractivity contribution in [2.24, 2.45) is 5.92 Å². The van der Waals surface area contributed by atoms with Gasteiger partial charge in [-0.15, -0.1) is 0 Å². The van der Waals surface area contributed by atoms with Crippen molar-refractivity contribution in [3.63, 3.8) is 0 Å². The fraction of sp³-hybridized carbons (Fsp3) is 0.292. The molecule has 37 heavy (non-hydrogen) atoms. The second-order valence-electron chi connectivity index (χ2n) is 8.48. The van der Waals surface area contributed by atoms with E-state index in [1.807, 2.05) is 6.07 Å². The van der Waals surface area contributed by atoms with Gasteiger partial charge in [-0.3, -0.25) is 4.79 Å². The predicted molar refractivity (Wildman–Crippen MR) is 134 cm³/mol. The molecule has 1 saturated heterocycles. The largest absolute Gasteiger partial charge is 0.437 e. The third-order valence-corrected chi connectivity index (χ3v) is 6.64. The number of amides is 1. The Morgan fingerprint density at radius 3 is 2.84 bits per heavy atom. The van der Waals surface area contributed by atoms with Crippen molar-refractivity contribution in [3.8, 4) is 22.9 Å². The standard InChI is InChI=1S/C24H22F3N7O2S/c1-13(35)32-23-34-21-17(3-2-4-18(21)37-23)36-20-9-16(30-12-31-20)15-5-6-19(24(25,26)27)33-22(15)29-11-14-7-8-28-10-14/h2-6,9,12,14,28H,7-8,10-11H2,1H3,(H,29,33)(H,32,34,35). The van der Waals surface area contributed by atoms with Crippen molar-refractivity contribution >= 4 is 38.4 Å². The number of fused-ring (bicyclic) bond motifs is 1. The van der Waals surface area contributed by atoms with Crippen LogP contribution in [0.2, 0.25) is 0 Å². The minimum absolute atomic E-state index is 0.0907. The van der Waals surface area contributed by atoms with Gasteiger partial charge < -0.3 is 20.7 Å². The number of ether oxygens (including phenoxy) is 1. The molecule has 4 aromatic rings. The van der Waals surface area contributed by atoms with Crippen LogP contribution in [0, 0.1) is 5.92 Å². The molecule has 0 spiro atoms. The van der Waals surface area contributed by atoms with Gasteiger partial charge in [0.15, 0.2) is 10.9 Å². The zero-order valence-electron chi connectivity index (χ0n) is 19.6. The van der Waals surface area contributed by atoms with E-state index in [4.69, 9.17) is 4.74 Å². The highest BCUT2D eigenvalue weighted by Gasteiger charge is 2.33. The first kappa shape index (κ1) is 24.8. The summed E-state index contributed by atoms with van der Waals surface area (Å²) in [5.41, 5.74) is 0.299. The summed E-state index contributed by atoms with van der Waals surface area (Å²) in [6.07, 6.45) is -2.37. The Balaban J connectivity index is 1.45. The summed E-state index contributed by atoms with van der Waals surface area (Å²) in [6, 6.07) is 9.16. The lowest BCUT2D eigenvalue weighted by atomic mass is 10.1. The van der Waals surface area contributed by atoms with Gasteiger partial charge in [-0.2, -0.15) is 13.2 Å². The molecule has 13 heteroatoms. The van der Waals surface area contributed by atoms with Crippen LogP contribution in [-0.2, 0) is 11.0 Å². The molecular weight excluding hydrogens is 507 g/mol. The molecular formula is C24H22F3N7O2S. The van der Waals surface area contributed by atoms with Crippen LogP contribution in [0.1, 0.15) is 19.0 Å². The Labute approximate surface area is 213 Å². The van der Waals surface area contributed by atoms with Gasteiger partial charge in [0.25, 0.3) is 0 Å². The van der Waals surface area contributed by atoms with E-state index in [-0.39, 0.29) is 23.5 Å². The number of hydrogen-bond donors (Lipinski definition) is 3. The van der Waals surface area contributed by atoms with Crippen LogP contribution >= 0.6 is 11.3 Å². The molecule has 1 unspecified atom stereocenters. The van der Waals surface area contributed by atoms with Gasteiger partial charge in [0.2, 0.25) is 11.8 Å². The van der Waals surface area contributed by atoms with Crippen LogP contribution in [0.15, 0.2) is 42.7 Å². The molecule has 0 aliphatic carbocycles. The molecule has 0 bridgehead atoms. The smallest absolute Gasteiger partial charge is 0.433 e. The highest BCUT2D eigenvalue weighted by molar-refractivity contribution is 7.22. The molecule has 0 saturated carbocycles. The minimum Gasteiger partial charge on any atom is -0.437 e. The Morgan fingerprint density at radius 2 is 2.08 bits per heavy atom. The maximum Gasteiger partial charge on any atom is 0.433 e. The molecule has 1 fully saturated rings. The molecule has 1 aromatic carbocycles. The maximum atomic E-state index is 13.4. The number of benzene rings is 1. The lowest BCUT2D eigenvalue weighted by Gasteiger charge is -2.16. The summed E-state index contributed by atoms with van der Waals surface area (Å²) < 4.78 is 46.9. The van der Waals surface area contributed by atoms with Crippen molar-refractivity contribution in [1.29, 1.82) is 0 Å². The third-order valence-electron chi connectivity index (χ3n) is 5.70. The van der Waals surface area contributed by atoms with Gasteiger partial charge in [0.1, 0.15) is 23.4 Å². The quantitative estimate of drug-likeness (QED) is 0.309. The van der Waals surface area contributed by atoms with E-state index in [0.717, 1.165) is 30.3 Å². The lowest BCUT2D eigenvalue weighted by Crippen LogP contribution is -2.19. The summed E-state index contributed by atoms with van der Waals surface area (Å²) in [5.74, 6) is 0.730. The van der Waals surface area contributed by atoms with Crippen molar-refractivity contribution in [2.75, 3.05) is 30.3 Å². The van der Waals surface area contributed by atoms with E-state index in [0.29, 0.717) is 34.2 Å². The second-order valence-corrected chi connectivity index (χ2v) is 9.51. The molecule has 9 nitrogen and oxygen atoms in total. The fourth-order valence-electron chi connectivity index (χ4n) is 3.95. The molecule has 1 atom stereocenters. The topological polar surface area (TPSA) is 114 Å². The van der Waals surface area contributed by atoms with Crippen molar-refractivity contribution in [3.05, 3.63) is 48.4 Å². The molecule has 1 aliphatic rings. The van der Waals surface area contributed by atoms with E-state index < -0.39 is 11.9 Å². The van der Waals surface area contributed by atoms with Gasteiger partial charge in [0, 0.05) is 25.1 Å². The SMILES string of the molecule is CC(=O)Nc1nc2c(Oc3cc(-c4ccc(C(F)(F)F)nc4NCC4CCNC4)ncn3)cccc2s1. The van der Waals surface area contributed by atoms with Crippen LogP contribution < -0.4 is 20.7 Å². The van der Waals surface area contributed by atoms with E-state index in [1.165, 1.54) is 36.7 Å². The first-order chi connectivity index (χ1) is 17.8. The highest BCUT2D eigenvalue weighted by atomic mass is 32.1. The van der Waals surface area contributed by atoms with Gasteiger partial charge in [-0.05, 0) is 49.7 Å². The first-order valence-electron chi connectivity index (χ1n) is 11.5. The number of thiazole rings is 1. The summed E-state index contributed by atoms with van der Waals surface area (Å²) in [6.45, 7) is 3.54. The number of carbonyl (C=O) groups excluding carboxylic acids is 1. The number of nitrogens with one attached hydrogen (secondary N) is 3. The maximum absolute atomic E-state index is 13.4. The van der Waals surface area contributed by atoms with Crippen LogP contribution in [0.25, 0.3) is 21.5 Å². The number of hydrogen-bond acceptors (Lipinski definition) is 9. The first-order valence-corrected chi connectivity index (χ1v) is 12.3. The summed E-state index contributed by atoms with van der Waals surface area (Å²) >= 11 is 1.30.